The van der Waals surface area contributed by atoms with Gasteiger partial charge in [0.1, 0.15) is 0 Å². The second-order valence-corrected chi connectivity index (χ2v) is 6.03. The lowest BCUT2D eigenvalue weighted by atomic mass is 9.86. The van der Waals surface area contributed by atoms with Gasteiger partial charge in [0, 0.05) is 24.4 Å². The molecule has 1 aromatic heterocycles. The highest BCUT2D eigenvalue weighted by Gasteiger charge is 2.28. The summed E-state index contributed by atoms with van der Waals surface area (Å²) in [5.74, 6) is 0.862. The monoisotopic (exact) mass is 283 g/mol. The average Bonchev–Trinajstić information content (AvgIpc) is 3.25. The second kappa shape index (κ2) is 5.77. The molecule has 5 heteroatoms. The molecule has 1 N–H and O–H groups in total. The van der Waals surface area contributed by atoms with Crippen LogP contribution in [-0.2, 0) is 6.42 Å². The van der Waals surface area contributed by atoms with E-state index in [9.17, 15) is 0 Å². The predicted octanol–water partition coefficient (Wildman–Crippen LogP) is 2.15. The molecule has 110 valence electrons. The van der Waals surface area contributed by atoms with Crippen molar-refractivity contribution in [3.63, 3.8) is 0 Å². The molecule has 0 aliphatic heterocycles. The summed E-state index contributed by atoms with van der Waals surface area (Å²) in [6.45, 7) is 7.10. The van der Waals surface area contributed by atoms with E-state index in [-0.39, 0.29) is 5.41 Å². The fourth-order valence-corrected chi connectivity index (χ4v) is 2.32. The Morgan fingerprint density at radius 3 is 2.81 bits per heavy atom. The van der Waals surface area contributed by atoms with Crippen LogP contribution in [-0.4, -0.2) is 32.8 Å². The van der Waals surface area contributed by atoms with Gasteiger partial charge in [0.25, 0.3) is 0 Å². The highest BCUT2D eigenvalue weighted by molar-refractivity contribution is 5.30. The van der Waals surface area contributed by atoms with Crippen LogP contribution in [0.1, 0.15) is 25.6 Å². The molecule has 3 rings (SSSR count). The van der Waals surface area contributed by atoms with Crippen molar-refractivity contribution in [1.82, 2.24) is 25.5 Å². The molecule has 1 aromatic carbocycles. The largest absolute Gasteiger partial charge is 0.313 e. The number of rotatable bonds is 7. The van der Waals surface area contributed by atoms with Crippen molar-refractivity contribution in [2.75, 3.05) is 6.54 Å². The zero-order chi connectivity index (χ0) is 14.7. The molecule has 5 nitrogen and oxygen atoms in total. The smallest absolute Gasteiger partial charge is 0.157 e. The summed E-state index contributed by atoms with van der Waals surface area (Å²) in [5.41, 5.74) is 0.933. The van der Waals surface area contributed by atoms with Crippen LogP contribution in [0.3, 0.4) is 0 Å². The SMILES string of the molecule is C=CC(C)(CNC1CC1)Cc1nnnn1-c1ccccc1. The minimum absolute atomic E-state index is 0.0518. The van der Waals surface area contributed by atoms with Crippen molar-refractivity contribution < 1.29 is 0 Å². The molecule has 1 unspecified atom stereocenters. The van der Waals surface area contributed by atoms with E-state index in [0.29, 0.717) is 6.04 Å². The molecule has 1 aliphatic rings. The van der Waals surface area contributed by atoms with E-state index >= 15 is 0 Å². The Hall–Kier alpha value is -2.01. The summed E-state index contributed by atoms with van der Waals surface area (Å²) in [6.07, 6.45) is 5.34. The fraction of sp³-hybridized carbons (Fsp3) is 0.438. The third-order valence-electron chi connectivity index (χ3n) is 3.96. The number of hydrogen-bond donors (Lipinski definition) is 1. The average molecular weight is 283 g/mol. The van der Waals surface area contributed by atoms with Gasteiger partial charge in [-0.15, -0.1) is 11.7 Å². The highest BCUT2D eigenvalue weighted by atomic mass is 15.5. The van der Waals surface area contributed by atoms with Gasteiger partial charge in [0.05, 0.1) is 5.69 Å². The van der Waals surface area contributed by atoms with Crippen LogP contribution in [0.15, 0.2) is 43.0 Å². The fourth-order valence-electron chi connectivity index (χ4n) is 2.32. The molecule has 2 aromatic rings. The predicted molar refractivity (Wildman–Crippen MR) is 82.2 cm³/mol. The van der Waals surface area contributed by atoms with Gasteiger partial charge in [-0.1, -0.05) is 31.2 Å². The molecule has 21 heavy (non-hydrogen) atoms. The lowest BCUT2D eigenvalue weighted by molar-refractivity contribution is 0.378. The van der Waals surface area contributed by atoms with Gasteiger partial charge in [0.15, 0.2) is 5.82 Å². The Labute approximate surface area is 125 Å². The van der Waals surface area contributed by atoms with Gasteiger partial charge in [-0.05, 0) is 35.4 Å². The van der Waals surface area contributed by atoms with Crippen molar-refractivity contribution in [3.05, 3.63) is 48.8 Å². The molecule has 0 bridgehead atoms. The summed E-state index contributed by atoms with van der Waals surface area (Å²) in [7, 11) is 0. The maximum atomic E-state index is 4.19. The third kappa shape index (κ3) is 3.36. The summed E-state index contributed by atoms with van der Waals surface area (Å²) >= 11 is 0. The molecule has 0 saturated heterocycles. The topological polar surface area (TPSA) is 55.6 Å². The molecule has 1 aliphatic carbocycles. The molecule has 0 spiro atoms. The number of nitrogens with zero attached hydrogens (tertiary/aromatic N) is 4. The first kappa shape index (κ1) is 13.9. The minimum atomic E-state index is -0.0518. The van der Waals surface area contributed by atoms with Gasteiger partial charge < -0.3 is 5.32 Å². The maximum Gasteiger partial charge on any atom is 0.157 e. The minimum Gasteiger partial charge on any atom is -0.313 e. The van der Waals surface area contributed by atoms with E-state index in [1.54, 1.807) is 4.68 Å². The molecule has 1 fully saturated rings. The first-order chi connectivity index (χ1) is 10.2. The molecular weight excluding hydrogens is 262 g/mol. The lowest BCUT2D eigenvalue weighted by Crippen LogP contribution is -2.34. The summed E-state index contributed by atoms with van der Waals surface area (Å²) in [4.78, 5) is 0. The highest BCUT2D eigenvalue weighted by Crippen LogP contribution is 2.26. The van der Waals surface area contributed by atoms with Gasteiger partial charge >= 0.3 is 0 Å². The number of benzene rings is 1. The van der Waals surface area contributed by atoms with Gasteiger partial charge in [-0.3, -0.25) is 0 Å². The quantitative estimate of drug-likeness (QED) is 0.791. The van der Waals surface area contributed by atoms with Gasteiger partial charge in [0.2, 0.25) is 0 Å². The molecule has 0 amide bonds. The van der Waals surface area contributed by atoms with Crippen molar-refractivity contribution in [1.29, 1.82) is 0 Å². The first-order valence-corrected chi connectivity index (χ1v) is 7.40. The van der Waals surface area contributed by atoms with Crippen molar-refractivity contribution in [2.45, 2.75) is 32.2 Å². The Bertz CT molecular complexity index is 602. The number of tetrazole rings is 1. The van der Waals surface area contributed by atoms with Crippen LogP contribution in [0.5, 0.6) is 0 Å². The van der Waals surface area contributed by atoms with Crippen molar-refractivity contribution >= 4 is 0 Å². The third-order valence-corrected chi connectivity index (χ3v) is 3.96. The van der Waals surface area contributed by atoms with Crippen LogP contribution >= 0.6 is 0 Å². The van der Waals surface area contributed by atoms with Crippen LogP contribution in [0.25, 0.3) is 5.69 Å². The van der Waals surface area contributed by atoms with Crippen LogP contribution in [0.4, 0.5) is 0 Å². The van der Waals surface area contributed by atoms with E-state index < -0.39 is 0 Å². The summed E-state index contributed by atoms with van der Waals surface area (Å²) in [5, 5.41) is 15.7. The Kier molecular flexibility index (Phi) is 3.84. The normalized spacial score (nSPS) is 17.4. The van der Waals surface area contributed by atoms with Crippen LogP contribution in [0, 0.1) is 5.41 Å². The number of nitrogens with one attached hydrogen (secondary N) is 1. The number of hydrogen-bond acceptors (Lipinski definition) is 4. The van der Waals surface area contributed by atoms with Crippen molar-refractivity contribution in [2.24, 2.45) is 5.41 Å². The first-order valence-electron chi connectivity index (χ1n) is 7.40. The maximum absolute atomic E-state index is 4.19. The molecule has 1 saturated carbocycles. The van der Waals surface area contributed by atoms with E-state index in [1.807, 2.05) is 36.4 Å². The second-order valence-electron chi connectivity index (χ2n) is 6.03. The van der Waals surface area contributed by atoms with E-state index in [2.05, 4.69) is 34.3 Å². The van der Waals surface area contributed by atoms with Crippen molar-refractivity contribution in [3.8, 4) is 5.69 Å². The Morgan fingerprint density at radius 2 is 2.14 bits per heavy atom. The van der Waals surface area contributed by atoms with E-state index in [1.165, 1.54) is 12.8 Å². The molecule has 1 atom stereocenters. The Balaban J connectivity index is 1.77. The Morgan fingerprint density at radius 1 is 1.38 bits per heavy atom. The van der Waals surface area contributed by atoms with E-state index in [4.69, 9.17) is 0 Å². The summed E-state index contributed by atoms with van der Waals surface area (Å²) in [6, 6.07) is 10.7. The van der Waals surface area contributed by atoms with Gasteiger partial charge in [-0.25, -0.2) is 0 Å². The van der Waals surface area contributed by atoms with Crippen LogP contribution in [0.2, 0.25) is 0 Å². The lowest BCUT2D eigenvalue weighted by Gasteiger charge is -2.25. The number of aromatic nitrogens is 4. The molecule has 1 heterocycles. The van der Waals surface area contributed by atoms with E-state index in [0.717, 1.165) is 24.5 Å². The van der Waals surface area contributed by atoms with Gasteiger partial charge in [-0.2, -0.15) is 4.68 Å². The standard InChI is InChI=1S/C16H21N5/c1-3-16(2,12-17-13-9-10-13)11-15-18-19-20-21(15)14-7-5-4-6-8-14/h3-8,13,17H,1,9-12H2,2H3. The number of para-hydroxylation sites is 1. The molecule has 0 radical (unpaired) electrons. The molecular formula is C16H21N5. The zero-order valence-corrected chi connectivity index (χ0v) is 12.4. The summed E-state index contributed by atoms with van der Waals surface area (Å²) < 4.78 is 1.80. The zero-order valence-electron chi connectivity index (χ0n) is 12.4. The van der Waals surface area contributed by atoms with Crippen LogP contribution < -0.4 is 5.32 Å².